The third-order valence-corrected chi connectivity index (χ3v) is 5.44. The van der Waals surface area contributed by atoms with Crippen LogP contribution in [-0.2, 0) is 0 Å². The fourth-order valence-corrected chi connectivity index (χ4v) is 4.05. The molecule has 0 saturated carbocycles. The average Bonchev–Trinajstić information content (AvgIpc) is 3.00. The molecule has 2 aliphatic heterocycles. The largest absolute Gasteiger partial charge is 0.490 e. The van der Waals surface area contributed by atoms with Gasteiger partial charge in [-0.15, -0.1) is 0 Å². The summed E-state index contributed by atoms with van der Waals surface area (Å²) in [5.41, 5.74) is 1.31. The zero-order valence-electron chi connectivity index (χ0n) is 15.2. The molecule has 2 aromatic carbocycles. The van der Waals surface area contributed by atoms with Crippen molar-refractivity contribution in [3.8, 4) is 22.6 Å². The summed E-state index contributed by atoms with van der Waals surface area (Å²) < 4.78 is 41.1. The monoisotopic (exact) mass is 393 g/mol. The van der Waals surface area contributed by atoms with Gasteiger partial charge in [-0.3, -0.25) is 0 Å². The van der Waals surface area contributed by atoms with Gasteiger partial charge in [-0.2, -0.15) is 0 Å². The number of rotatable bonds is 5. The second-order valence-corrected chi connectivity index (χ2v) is 7.53. The molecule has 0 bridgehead atoms. The molecular weight excluding hydrogens is 372 g/mol. The fourth-order valence-electron chi connectivity index (χ4n) is 3.86. The van der Waals surface area contributed by atoms with Gasteiger partial charge in [0.25, 0.3) is 0 Å². The van der Waals surface area contributed by atoms with E-state index in [-0.39, 0.29) is 22.6 Å². The highest BCUT2D eigenvalue weighted by atomic mass is 35.5. The van der Waals surface area contributed by atoms with Gasteiger partial charge in [0.15, 0.2) is 11.5 Å². The van der Waals surface area contributed by atoms with Crippen molar-refractivity contribution in [2.45, 2.75) is 38.2 Å². The van der Waals surface area contributed by atoms with E-state index in [2.05, 4.69) is 12.2 Å². The number of hydrogen-bond acceptors (Lipinski definition) is 3. The van der Waals surface area contributed by atoms with E-state index >= 15 is 0 Å². The summed E-state index contributed by atoms with van der Waals surface area (Å²) in [5, 5.41) is 3.41. The summed E-state index contributed by atoms with van der Waals surface area (Å²) in [4.78, 5) is 0. The Morgan fingerprint density at radius 3 is 2.74 bits per heavy atom. The van der Waals surface area contributed by atoms with E-state index in [1.807, 2.05) is 6.07 Å². The van der Waals surface area contributed by atoms with E-state index < -0.39 is 11.6 Å². The van der Waals surface area contributed by atoms with Crippen molar-refractivity contribution in [3.63, 3.8) is 0 Å². The van der Waals surface area contributed by atoms with E-state index in [1.54, 1.807) is 6.07 Å². The number of piperidine rings is 1. The Kier molecular flexibility index (Phi) is 5.24. The minimum absolute atomic E-state index is 0.0363. The number of ether oxygens (including phenoxy) is 2. The summed E-state index contributed by atoms with van der Waals surface area (Å²) >= 11 is 5.78. The van der Waals surface area contributed by atoms with Crippen molar-refractivity contribution in [1.82, 2.24) is 5.32 Å². The summed E-state index contributed by atoms with van der Waals surface area (Å²) in [6, 6.07) is 5.77. The van der Waals surface area contributed by atoms with Gasteiger partial charge in [-0.05, 0) is 49.2 Å². The molecule has 1 N–H and O–H groups in total. The molecule has 2 heterocycles. The Hall–Kier alpha value is -1.85. The molecular formula is C21H22ClF2NO2. The molecule has 6 heteroatoms. The Balaban J connectivity index is 1.81. The van der Waals surface area contributed by atoms with Gasteiger partial charge in [-0.25, -0.2) is 8.78 Å². The van der Waals surface area contributed by atoms with Crippen molar-refractivity contribution < 1.29 is 18.3 Å². The highest BCUT2D eigenvalue weighted by Gasteiger charge is 2.38. The highest BCUT2D eigenvalue weighted by Crippen LogP contribution is 2.48. The number of nitrogens with one attached hydrogen (secondary N) is 1. The SMILES string of the molecule is CCCCOc1cc(-c2c(F)cc(Cl)cc2F)cc2c1O[C@H]1CCNC[C@@H]21. The second-order valence-electron chi connectivity index (χ2n) is 7.09. The lowest BCUT2D eigenvalue weighted by Crippen LogP contribution is -2.37. The molecule has 0 unspecified atom stereocenters. The summed E-state index contributed by atoms with van der Waals surface area (Å²) in [6.07, 6.45) is 2.87. The third kappa shape index (κ3) is 3.50. The van der Waals surface area contributed by atoms with Crippen molar-refractivity contribution in [3.05, 3.63) is 46.5 Å². The van der Waals surface area contributed by atoms with Gasteiger partial charge in [0.2, 0.25) is 0 Å². The van der Waals surface area contributed by atoms with Gasteiger partial charge in [-0.1, -0.05) is 24.9 Å². The predicted molar refractivity (Wildman–Crippen MR) is 102 cm³/mol. The lowest BCUT2D eigenvalue weighted by Gasteiger charge is -2.24. The first-order valence-electron chi connectivity index (χ1n) is 9.41. The topological polar surface area (TPSA) is 30.5 Å². The Morgan fingerprint density at radius 2 is 2.00 bits per heavy atom. The molecule has 4 rings (SSSR count). The molecule has 0 radical (unpaired) electrons. The molecule has 2 aromatic rings. The quantitative estimate of drug-likeness (QED) is 0.699. The summed E-state index contributed by atoms with van der Waals surface area (Å²) in [5.74, 6) is 0.0523. The van der Waals surface area contributed by atoms with E-state index in [0.717, 1.165) is 50.0 Å². The zero-order chi connectivity index (χ0) is 19.0. The number of benzene rings is 2. The van der Waals surface area contributed by atoms with Crippen LogP contribution in [0.1, 0.15) is 37.7 Å². The summed E-state index contributed by atoms with van der Waals surface area (Å²) in [7, 11) is 0. The maximum Gasteiger partial charge on any atom is 0.165 e. The van der Waals surface area contributed by atoms with E-state index in [0.29, 0.717) is 23.7 Å². The first-order valence-corrected chi connectivity index (χ1v) is 9.79. The van der Waals surface area contributed by atoms with Crippen LogP contribution in [0.15, 0.2) is 24.3 Å². The van der Waals surface area contributed by atoms with Crippen LogP contribution in [0.5, 0.6) is 11.5 Å². The van der Waals surface area contributed by atoms with Crippen molar-refractivity contribution in [1.29, 1.82) is 0 Å². The Bertz CT molecular complexity index is 835. The first kappa shape index (κ1) is 18.5. The van der Waals surface area contributed by atoms with Gasteiger partial charge in [0.1, 0.15) is 17.7 Å². The first-order chi connectivity index (χ1) is 13.1. The van der Waals surface area contributed by atoms with Crippen LogP contribution in [-0.4, -0.2) is 25.8 Å². The second kappa shape index (κ2) is 7.64. The Labute approximate surface area is 162 Å². The minimum atomic E-state index is -0.684. The molecule has 27 heavy (non-hydrogen) atoms. The maximum atomic E-state index is 14.5. The molecule has 0 aliphatic carbocycles. The molecule has 1 fully saturated rings. The minimum Gasteiger partial charge on any atom is -0.490 e. The molecule has 3 nitrogen and oxygen atoms in total. The van der Waals surface area contributed by atoms with Crippen LogP contribution in [0.4, 0.5) is 8.78 Å². The lowest BCUT2D eigenvalue weighted by atomic mass is 9.89. The van der Waals surface area contributed by atoms with Crippen LogP contribution in [0.2, 0.25) is 5.02 Å². The van der Waals surface area contributed by atoms with E-state index in [9.17, 15) is 8.78 Å². The van der Waals surface area contributed by atoms with Crippen molar-refractivity contribution in [2.75, 3.05) is 19.7 Å². The van der Waals surface area contributed by atoms with Crippen LogP contribution < -0.4 is 14.8 Å². The van der Waals surface area contributed by atoms with Crippen LogP contribution in [0, 0.1) is 11.6 Å². The van der Waals surface area contributed by atoms with Crippen LogP contribution in [0.25, 0.3) is 11.1 Å². The maximum absolute atomic E-state index is 14.5. The predicted octanol–water partition coefficient (Wildman–Crippen LogP) is 5.30. The van der Waals surface area contributed by atoms with Gasteiger partial charge in [0.05, 0.1) is 12.2 Å². The van der Waals surface area contributed by atoms with Crippen molar-refractivity contribution >= 4 is 11.6 Å². The van der Waals surface area contributed by atoms with Gasteiger partial charge in [0, 0.05) is 23.0 Å². The third-order valence-electron chi connectivity index (χ3n) is 5.22. The fraction of sp³-hybridized carbons (Fsp3) is 0.429. The highest BCUT2D eigenvalue weighted by molar-refractivity contribution is 6.30. The van der Waals surface area contributed by atoms with E-state index in [4.69, 9.17) is 21.1 Å². The Morgan fingerprint density at radius 1 is 1.22 bits per heavy atom. The lowest BCUT2D eigenvalue weighted by molar-refractivity contribution is 0.165. The molecule has 0 spiro atoms. The molecule has 1 saturated heterocycles. The molecule has 0 aromatic heterocycles. The van der Waals surface area contributed by atoms with Gasteiger partial charge >= 0.3 is 0 Å². The number of halogens is 3. The number of fused-ring (bicyclic) bond motifs is 3. The number of hydrogen-bond donors (Lipinski definition) is 1. The number of unbranched alkanes of at least 4 members (excludes halogenated alkanes) is 1. The van der Waals surface area contributed by atoms with Crippen LogP contribution in [0.3, 0.4) is 0 Å². The summed E-state index contributed by atoms with van der Waals surface area (Å²) in [6.45, 7) is 4.30. The normalized spacial score (nSPS) is 20.7. The van der Waals surface area contributed by atoms with E-state index in [1.165, 1.54) is 0 Å². The molecule has 2 aliphatic rings. The van der Waals surface area contributed by atoms with Gasteiger partial charge < -0.3 is 14.8 Å². The average molecular weight is 394 g/mol. The van der Waals surface area contributed by atoms with Crippen molar-refractivity contribution in [2.24, 2.45) is 0 Å². The zero-order valence-corrected chi connectivity index (χ0v) is 15.9. The molecule has 2 atom stereocenters. The molecule has 144 valence electrons. The molecule has 0 amide bonds. The standard InChI is InChI=1S/C21H22ClF2NO2/c1-2-3-6-26-19-8-12(20-16(23)9-13(22)10-17(20)24)7-14-15-11-25-5-4-18(15)27-21(14)19/h7-10,15,18,25H,2-6,11H2,1H3/t15-,18-/m0/s1. The smallest absolute Gasteiger partial charge is 0.165 e. The van der Waals surface area contributed by atoms with Crippen LogP contribution >= 0.6 is 11.6 Å².